The SMILES string of the molecule is C=CC(c1ccccc1OC(F)F)C1CCc2cc(Br)c(F)cc2/N=C(/CN2C(=O)c3ccccc3C2=O)C1. The second-order valence-electron chi connectivity index (χ2n) is 9.50. The number of amides is 2. The Labute approximate surface area is 232 Å². The van der Waals surface area contributed by atoms with E-state index in [0.717, 1.165) is 10.5 Å². The number of ether oxygens (including phenoxy) is 1. The first-order chi connectivity index (χ1) is 18.8. The minimum absolute atomic E-state index is 0.0588. The molecule has 0 bridgehead atoms. The van der Waals surface area contributed by atoms with Crippen LogP contribution in [0.2, 0.25) is 0 Å². The number of aryl methyl sites for hydroxylation is 1. The van der Waals surface area contributed by atoms with Gasteiger partial charge in [-0.2, -0.15) is 8.78 Å². The Hall–Kier alpha value is -3.72. The van der Waals surface area contributed by atoms with Crippen molar-refractivity contribution >= 4 is 39.1 Å². The smallest absolute Gasteiger partial charge is 0.387 e. The number of halogens is 4. The van der Waals surface area contributed by atoms with Crippen LogP contribution in [0.4, 0.5) is 18.9 Å². The number of aliphatic imine (C=N–C) groups is 1. The fourth-order valence-electron chi connectivity index (χ4n) is 5.35. The van der Waals surface area contributed by atoms with Gasteiger partial charge in [0.15, 0.2) is 0 Å². The van der Waals surface area contributed by atoms with Crippen LogP contribution in [0.25, 0.3) is 0 Å². The summed E-state index contributed by atoms with van der Waals surface area (Å²) in [5, 5.41) is 0. The van der Waals surface area contributed by atoms with Crippen LogP contribution in [-0.4, -0.2) is 35.6 Å². The van der Waals surface area contributed by atoms with E-state index >= 15 is 0 Å². The number of nitrogens with zero attached hydrogens (tertiary/aromatic N) is 2. The Bertz CT molecular complexity index is 1460. The van der Waals surface area contributed by atoms with Gasteiger partial charge in [-0.1, -0.05) is 36.4 Å². The van der Waals surface area contributed by atoms with Crippen LogP contribution in [0.15, 0.2) is 82.8 Å². The third kappa shape index (κ3) is 5.41. The van der Waals surface area contributed by atoms with Gasteiger partial charge in [0.1, 0.15) is 11.6 Å². The van der Waals surface area contributed by atoms with E-state index in [9.17, 15) is 22.8 Å². The number of fused-ring (bicyclic) bond motifs is 2. The quantitative estimate of drug-likeness (QED) is 0.210. The van der Waals surface area contributed by atoms with Crippen molar-refractivity contribution in [1.82, 2.24) is 4.90 Å². The van der Waals surface area contributed by atoms with Crippen molar-refractivity contribution in [2.75, 3.05) is 6.54 Å². The van der Waals surface area contributed by atoms with Crippen molar-refractivity contribution in [1.29, 1.82) is 0 Å². The van der Waals surface area contributed by atoms with Crippen molar-refractivity contribution in [2.24, 2.45) is 10.9 Å². The molecule has 200 valence electrons. The van der Waals surface area contributed by atoms with Gasteiger partial charge in [-0.15, -0.1) is 6.58 Å². The zero-order valence-corrected chi connectivity index (χ0v) is 22.3. The highest BCUT2D eigenvalue weighted by atomic mass is 79.9. The minimum atomic E-state index is -2.99. The molecule has 0 spiro atoms. The molecule has 0 saturated heterocycles. The van der Waals surface area contributed by atoms with E-state index in [-0.39, 0.29) is 18.2 Å². The lowest BCUT2D eigenvalue weighted by molar-refractivity contribution is -0.0506. The number of rotatable bonds is 7. The Morgan fingerprint density at radius 2 is 1.74 bits per heavy atom. The van der Waals surface area contributed by atoms with Crippen LogP contribution in [-0.2, 0) is 6.42 Å². The molecular formula is C30H24BrF3N2O3. The van der Waals surface area contributed by atoms with Crippen LogP contribution in [0.1, 0.15) is 50.6 Å². The number of imide groups is 1. The lowest BCUT2D eigenvalue weighted by Gasteiger charge is -2.30. The molecule has 2 heterocycles. The average Bonchev–Trinajstić information content (AvgIpc) is 3.14. The largest absolute Gasteiger partial charge is 0.435 e. The molecule has 9 heteroatoms. The number of alkyl halides is 2. The summed E-state index contributed by atoms with van der Waals surface area (Å²) in [7, 11) is 0. The number of allylic oxidation sites excluding steroid dienone is 1. The van der Waals surface area contributed by atoms with Gasteiger partial charge in [-0.25, -0.2) is 4.39 Å². The lowest BCUT2D eigenvalue weighted by atomic mass is 9.78. The predicted molar refractivity (Wildman–Crippen MR) is 145 cm³/mol. The molecule has 0 N–H and O–H groups in total. The topological polar surface area (TPSA) is 59.0 Å². The van der Waals surface area contributed by atoms with Crippen LogP contribution in [0.5, 0.6) is 5.75 Å². The van der Waals surface area contributed by atoms with E-state index in [2.05, 4.69) is 22.5 Å². The zero-order chi connectivity index (χ0) is 27.7. The predicted octanol–water partition coefficient (Wildman–Crippen LogP) is 7.48. The van der Waals surface area contributed by atoms with Gasteiger partial charge >= 0.3 is 6.61 Å². The van der Waals surface area contributed by atoms with E-state index in [0.29, 0.717) is 51.8 Å². The highest BCUT2D eigenvalue weighted by molar-refractivity contribution is 9.10. The summed E-state index contributed by atoms with van der Waals surface area (Å²) in [4.78, 5) is 32.1. The summed E-state index contributed by atoms with van der Waals surface area (Å²) < 4.78 is 45.9. The Balaban J connectivity index is 1.53. The fraction of sp³-hybridized carbons (Fsp3) is 0.233. The highest BCUT2D eigenvalue weighted by Gasteiger charge is 2.37. The van der Waals surface area contributed by atoms with E-state index in [1.807, 2.05) is 0 Å². The molecule has 39 heavy (non-hydrogen) atoms. The first-order valence-electron chi connectivity index (χ1n) is 12.4. The van der Waals surface area contributed by atoms with Crippen LogP contribution < -0.4 is 4.74 Å². The maximum Gasteiger partial charge on any atom is 0.387 e. The number of benzene rings is 3. The molecule has 0 saturated carbocycles. The first kappa shape index (κ1) is 26.9. The maximum atomic E-state index is 14.5. The molecule has 2 aliphatic heterocycles. The molecule has 5 nitrogen and oxygen atoms in total. The van der Waals surface area contributed by atoms with Crippen molar-refractivity contribution in [3.8, 4) is 5.75 Å². The van der Waals surface area contributed by atoms with Crippen LogP contribution in [0.3, 0.4) is 0 Å². The van der Waals surface area contributed by atoms with Crippen molar-refractivity contribution < 1.29 is 27.5 Å². The summed E-state index contributed by atoms with van der Waals surface area (Å²) in [6.45, 7) is 0.906. The van der Waals surface area contributed by atoms with E-state index in [4.69, 9.17) is 9.73 Å². The normalized spacial score (nSPS) is 19.1. The van der Waals surface area contributed by atoms with Crippen molar-refractivity contribution in [2.45, 2.75) is 31.8 Å². The molecular weight excluding hydrogens is 573 g/mol. The minimum Gasteiger partial charge on any atom is -0.435 e. The average molecular weight is 597 g/mol. The van der Waals surface area contributed by atoms with Gasteiger partial charge in [0.2, 0.25) is 0 Å². The molecule has 0 aliphatic carbocycles. The maximum absolute atomic E-state index is 14.5. The van der Waals surface area contributed by atoms with Gasteiger partial charge in [-0.05, 0) is 70.9 Å². The Morgan fingerprint density at radius 3 is 2.41 bits per heavy atom. The van der Waals surface area contributed by atoms with Gasteiger partial charge in [0.25, 0.3) is 11.8 Å². The number of para-hydroxylation sites is 1. The van der Waals surface area contributed by atoms with Crippen LogP contribution in [0, 0.1) is 11.7 Å². The van der Waals surface area contributed by atoms with Crippen LogP contribution >= 0.6 is 15.9 Å². The third-order valence-corrected chi connectivity index (χ3v) is 7.76. The number of hydrogen-bond acceptors (Lipinski definition) is 4. The summed E-state index contributed by atoms with van der Waals surface area (Å²) in [6, 6.07) is 16.2. The van der Waals surface area contributed by atoms with Crippen molar-refractivity contribution in [3.05, 3.63) is 106 Å². The summed E-state index contributed by atoms with van der Waals surface area (Å²) in [6.07, 6.45) is 3.15. The van der Waals surface area contributed by atoms with Gasteiger partial charge in [0, 0.05) is 23.3 Å². The summed E-state index contributed by atoms with van der Waals surface area (Å²) in [5.41, 5.74) is 2.91. The van der Waals surface area contributed by atoms with Crippen molar-refractivity contribution in [3.63, 3.8) is 0 Å². The van der Waals surface area contributed by atoms with Gasteiger partial charge in [-0.3, -0.25) is 19.5 Å². The molecule has 2 unspecified atom stereocenters. The monoisotopic (exact) mass is 596 g/mol. The molecule has 5 rings (SSSR count). The lowest BCUT2D eigenvalue weighted by Crippen LogP contribution is -2.36. The summed E-state index contributed by atoms with van der Waals surface area (Å²) >= 11 is 3.24. The molecule has 3 aromatic carbocycles. The van der Waals surface area contributed by atoms with Gasteiger partial charge in [0.05, 0.1) is 27.8 Å². The second-order valence-corrected chi connectivity index (χ2v) is 10.4. The zero-order valence-electron chi connectivity index (χ0n) is 20.7. The van der Waals surface area contributed by atoms with E-state index < -0.39 is 30.2 Å². The highest BCUT2D eigenvalue weighted by Crippen LogP contribution is 2.40. The standard InChI is InChI=1S/C30H24BrF3N2O3/c1-2-20(21-7-5-6-10-27(21)39-30(33)34)17-11-12-18-14-24(31)25(32)15-26(18)35-19(13-17)16-36-28(37)22-8-3-4-9-23(22)29(36)38/h2-10,14-15,17,20,30H,1,11-13,16H2/b35-19+. The molecule has 2 amide bonds. The molecule has 2 atom stereocenters. The van der Waals surface area contributed by atoms with E-state index in [1.165, 1.54) is 12.1 Å². The fourth-order valence-corrected chi connectivity index (χ4v) is 5.74. The Morgan fingerprint density at radius 1 is 1.08 bits per heavy atom. The van der Waals surface area contributed by atoms with Gasteiger partial charge < -0.3 is 4.74 Å². The number of carbonyl (C=O) groups excluding carboxylic acids is 2. The number of hydrogen-bond donors (Lipinski definition) is 0. The van der Waals surface area contributed by atoms with E-state index in [1.54, 1.807) is 54.6 Å². The number of carbonyl (C=O) groups is 2. The molecule has 2 aliphatic rings. The summed E-state index contributed by atoms with van der Waals surface area (Å²) in [5.74, 6) is -1.83. The molecule has 0 aromatic heterocycles. The Kier molecular flexibility index (Phi) is 7.70. The molecule has 0 radical (unpaired) electrons. The second kappa shape index (κ2) is 11.2. The first-order valence-corrected chi connectivity index (χ1v) is 13.2. The molecule has 3 aromatic rings. The molecule has 0 fully saturated rings. The third-order valence-electron chi connectivity index (χ3n) is 7.16.